The van der Waals surface area contributed by atoms with Crippen molar-refractivity contribution in [3.63, 3.8) is 0 Å². The zero-order chi connectivity index (χ0) is 26.1. The molecule has 0 unspecified atom stereocenters. The van der Waals surface area contributed by atoms with E-state index in [2.05, 4.69) is 0 Å². The van der Waals surface area contributed by atoms with E-state index in [0.29, 0.717) is 0 Å². The average Bonchev–Trinajstić information content (AvgIpc) is 2.82. The molecule has 0 saturated heterocycles. The fraction of sp³-hybridized carbons (Fsp3) is 0.444. The molecule has 0 heterocycles. The van der Waals surface area contributed by atoms with Crippen LogP contribution < -0.4 is 0 Å². The highest BCUT2D eigenvalue weighted by Crippen LogP contribution is 2.39. The predicted molar refractivity (Wildman–Crippen MR) is 127 cm³/mol. The number of hydrogen-bond donors (Lipinski definition) is 1. The van der Waals surface area contributed by atoms with E-state index < -0.39 is 47.9 Å². The Morgan fingerprint density at radius 2 is 1.36 bits per heavy atom. The molecular formula is C27H32O9. The molecule has 3 rings (SSSR count). The smallest absolute Gasteiger partial charge is 0.303 e. The molecule has 194 valence electrons. The van der Waals surface area contributed by atoms with Gasteiger partial charge in [0.1, 0.15) is 6.10 Å². The number of hydrogen-bond acceptors (Lipinski definition) is 9. The predicted octanol–water partition coefficient (Wildman–Crippen LogP) is 2.72. The third kappa shape index (κ3) is 7.36. The van der Waals surface area contributed by atoms with E-state index >= 15 is 0 Å². The first kappa shape index (κ1) is 27.3. The van der Waals surface area contributed by atoms with Gasteiger partial charge in [0.25, 0.3) is 0 Å². The van der Waals surface area contributed by atoms with Crippen LogP contribution in [0.15, 0.2) is 60.7 Å². The summed E-state index contributed by atoms with van der Waals surface area (Å²) in [5, 5.41) is 11.1. The molecular weight excluding hydrogens is 468 g/mol. The topological polar surface area (TPSA) is 118 Å². The van der Waals surface area contributed by atoms with E-state index in [1.54, 1.807) is 0 Å². The third-order valence-corrected chi connectivity index (χ3v) is 5.76. The summed E-state index contributed by atoms with van der Waals surface area (Å²) in [4.78, 5) is 36.3. The van der Waals surface area contributed by atoms with Gasteiger partial charge in [-0.25, -0.2) is 0 Å². The molecule has 9 nitrogen and oxygen atoms in total. The number of aliphatic hydroxyl groups excluding tert-OH is 1. The molecule has 1 fully saturated rings. The van der Waals surface area contributed by atoms with Crippen molar-refractivity contribution < 1.29 is 43.2 Å². The Morgan fingerprint density at radius 1 is 0.806 bits per heavy atom. The van der Waals surface area contributed by atoms with Crippen LogP contribution in [0, 0.1) is 0 Å². The van der Waals surface area contributed by atoms with Crippen LogP contribution in [0.2, 0.25) is 0 Å². The molecule has 0 aliphatic heterocycles. The molecule has 1 aliphatic carbocycles. The standard InChI is InChI=1S/C27H32O9/c1-18(28)34-24-23(31)14-27(36-20(3)30,17-32-15-21-10-6-4-7-11-21)26(35-19(2)29)25(24)33-16-22-12-8-5-9-13-22/h4-13,23-26,31H,14-17H2,1-3H3/t23-,24+,25-,26+,27+/m1/s1. The van der Waals surface area contributed by atoms with Crippen LogP contribution in [0.5, 0.6) is 0 Å². The Balaban J connectivity index is 1.95. The first-order chi connectivity index (χ1) is 17.2. The molecule has 0 aromatic heterocycles. The number of ether oxygens (including phenoxy) is 5. The zero-order valence-electron chi connectivity index (χ0n) is 20.6. The first-order valence-electron chi connectivity index (χ1n) is 11.7. The van der Waals surface area contributed by atoms with Crippen molar-refractivity contribution in [3.8, 4) is 0 Å². The summed E-state index contributed by atoms with van der Waals surface area (Å²) in [5.74, 6) is -1.96. The number of rotatable bonds is 10. The molecule has 9 heteroatoms. The quantitative estimate of drug-likeness (QED) is 0.388. The highest BCUT2D eigenvalue weighted by molar-refractivity contribution is 5.68. The minimum Gasteiger partial charge on any atom is -0.457 e. The monoisotopic (exact) mass is 500 g/mol. The lowest BCUT2D eigenvalue weighted by Gasteiger charge is -2.49. The second-order valence-corrected chi connectivity index (χ2v) is 8.77. The van der Waals surface area contributed by atoms with Gasteiger partial charge in [0.05, 0.1) is 25.9 Å². The Bertz CT molecular complexity index is 1010. The van der Waals surface area contributed by atoms with Gasteiger partial charge in [0.2, 0.25) is 0 Å². The second-order valence-electron chi connectivity index (χ2n) is 8.77. The van der Waals surface area contributed by atoms with Gasteiger partial charge in [-0.1, -0.05) is 60.7 Å². The number of carbonyl (C=O) groups excluding carboxylic acids is 3. The molecule has 1 saturated carbocycles. The summed E-state index contributed by atoms with van der Waals surface area (Å²) in [5.41, 5.74) is 0.0913. The minimum absolute atomic E-state index is 0.0643. The van der Waals surface area contributed by atoms with Gasteiger partial charge >= 0.3 is 17.9 Å². The van der Waals surface area contributed by atoms with E-state index in [-0.39, 0.29) is 26.2 Å². The Hall–Kier alpha value is -3.27. The van der Waals surface area contributed by atoms with Crippen molar-refractivity contribution in [1.29, 1.82) is 0 Å². The van der Waals surface area contributed by atoms with E-state index in [0.717, 1.165) is 11.1 Å². The highest BCUT2D eigenvalue weighted by Gasteiger charge is 2.59. The SMILES string of the molecule is CC(=O)O[C@@H]1[C@@H](OCc2ccccc2)[C@H](OC(C)=O)[C@](COCc2ccccc2)(OC(C)=O)C[C@H]1O. The lowest BCUT2D eigenvalue weighted by Crippen LogP contribution is -2.68. The van der Waals surface area contributed by atoms with Crippen molar-refractivity contribution in [2.45, 2.75) is 70.4 Å². The maximum Gasteiger partial charge on any atom is 0.303 e. The molecule has 36 heavy (non-hydrogen) atoms. The first-order valence-corrected chi connectivity index (χ1v) is 11.7. The van der Waals surface area contributed by atoms with Gasteiger partial charge < -0.3 is 28.8 Å². The number of benzene rings is 2. The molecule has 1 N–H and O–H groups in total. The Labute approximate surface area is 210 Å². The fourth-order valence-electron chi connectivity index (χ4n) is 4.39. The molecule has 0 spiro atoms. The zero-order valence-corrected chi connectivity index (χ0v) is 20.6. The van der Waals surface area contributed by atoms with Crippen LogP contribution in [0.1, 0.15) is 38.3 Å². The van der Waals surface area contributed by atoms with E-state index in [1.807, 2.05) is 60.7 Å². The summed E-state index contributed by atoms with van der Waals surface area (Å²) in [6, 6.07) is 18.6. The molecule has 0 bridgehead atoms. The summed E-state index contributed by atoms with van der Waals surface area (Å²) < 4.78 is 28.8. The number of esters is 3. The van der Waals surface area contributed by atoms with Gasteiger partial charge in [-0.15, -0.1) is 0 Å². The molecule has 1 aliphatic rings. The van der Waals surface area contributed by atoms with Gasteiger partial charge in [-0.2, -0.15) is 0 Å². The molecule has 2 aromatic rings. The summed E-state index contributed by atoms with van der Waals surface area (Å²) >= 11 is 0. The summed E-state index contributed by atoms with van der Waals surface area (Å²) in [6.45, 7) is 3.69. The van der Waals surface area contributed by atoms with Gasteiger partial charge in [0, 0.05) is 27.2 Å². The molecule has 2 aromatic carbocycles. The largest absolute Gasteiger partial charge is 0.457 e. The maximum atomic E-state index is 12.2. The van der Waals surface area contributed by atoms with Crippen molar-refractivity contribution in [3.05, 3.63) is 71.8 Å². The van der Waals surface area contributed by atoms with Crippen LogP contribution in [0.25, 0.3) is 0 Å². The van der Waals surface area contributed by atoms with Crippen LogP contribution in [-0.4, -0.2) is 59.6 Å². The van der Waals surface area contributed by atoms with Gasteiger partial charge in [-0.05, 0) is 11.1 Å². The van der Waals surface area contributed by atoms with Crippen molar-refractivity contribution >= 4 is 17.9 Å². The maximum absolute atomic E-state index is 12.2. The molecule has 0 amide bonds. The normalized spacial score (nSPS) is 25.6. The van der Waals surface area contributed by atoms with Crippen LogP contribution in [0.3, 0.4) is 0 Å². The summed E-state index contributed by atoms with van der Waals surface area (Å²) in [7, 11) is 0. The van der Waals surface area contributed by atoms with Crippen molar-refractivity contribution in [1.82, 2.24) is 0 Å². The van der Waals surface area contributed by atoms with E-state index in [9.17, 15) is 19.5 Å². The minimum atomic E-state index is -1.59. The van der Waals surface area contributed by atoms with E-state index in [1.165, 1.54) is 20.8 Å². The lowest BCUT2D eigenvalue weighted by molar-refractivity contribution is -0.266. The Kier molecular flexibility index (Phi) is 9.58. The lowest BCUT2D eigenvalue weighted by atomic mass is 9.76. The van der Waals surface area contributed by atoms with Gasteiger partial charge in [0.15, 0.2) is 17.8 Å². The Morgan fingerprint density at radius 3 is 1.89 bits per heavy atom. The third-order valence-electron chi connectivity index (χ3n) is 5.76. The van der Waals surface area contributed by atoms with Crippen LogP contribution in [0.4, 0.5) is 0 Å². The van der Waals surface area contributed by atoms with Crippen molar-refractivity contribution in [2.24, 2.45) is 0 Å². The van der Waals surface area contributed by atoms with Gasteiger partial charge in [-0.3, -0.25) is 14.4 Å². The number of aliphatic hydroxyl groups is 1. The fourth-order valence-corrected chi connectivity index (χ4v) is 4.39. The molecule has 0 radical (unpaired) electrons. The highest BCUT2D eigenvalue weighted by atomic mass is 16.6. The average molecular weight is 501 g/mol. The van der Waals surface area contributed by atoms with Crippen molar-refractivity contribution in [2.75, 3.05) is 6.61 Å². The van der Waals surface area contributed by atoms with E-state index in [4.69, 9.17) is 23.7 Å². The summed E-state index contributed by atoms with van der Waals surface area (Å²) in [6.07, 6.45) is -5.05. The van der Waals surface area contributed by atoms with Crippen LogP contribution in [-0.2, 0) is 51.3 Å². The molecule has 5 atom stereocenters. The number of carbonyl (C=O) groups is 3. The van der Waals surface area contributed by atoms with Crippen LogP contribution >= 0.6 is 0 Å². The second kappa shape index (κ2) is 12.6.